The van der Waals surface area contributed by atoms with Crippen molar-refractivity contribution in [1.82, 2.24) is 10.3 Å². The Morgan fingerprint density at radius 3 is 2.20 bits per heavy atom. The van der Waals surface area contributed by atoms with Gasteiger partial charge in [-0.15, -0.1) is 0 Å². The standard InChI is InChI=1S/C22H24N2O/c1-3-9-17(10-4-1)21-22(18-11-5-2-6-12-18)25-20(24-21)15-16-23-19-13-7-8-14-19/h1-6,9-12,19,23H,7-8,13-16H2. The average molecular weight is 332 g/mol. The fourth-order valence-corrected chi connectivity index (χ4v) is 3.56. The van der Waals surface area contributed by atoms with E-state index in [1.54, 1.807) is 0 Å². The molecule has 0 unspecified atom stereocenters. The van der Waals surface area contributed by atoms with Crippen LogP contribution in [-0.2, 0) is 6.42 Å². The summed E-state index contributed by atoms with van der Waals surface area (Å²) in [4.78, 5) is 4.81. The molecule has 4 rings (SSSR count). The first-order valence-corrected chi connectivity index (χ1v) is 9.24. The van der Waals surface area contributed by atoms with Crippen LogP contribution in [0.4, 0.5) is 0 Å². The highest BCUT2D eigenvalue weighted by molar-refractivity contribution is 5.76. The third-order valence-electron chi connectivity index (χ3n) is 4.88. The fraction of sp³-hybridized carbons (Fsp3) is 0.318. The molecule has 128 valence electrons. The van der Waals surface area contributed by atoms with Gasteiger partial charge in [0.15, 0.2) is 11.7 Å². The molecular weight excluding hydrogens is 308 g/mol. The Balaban J connectivity index is 1.57. The highest BCUT2D eigenvalue weighted by Crippen LogP contribution is 2.32. The number of nitrogens with zero attached hydrogens (tertiary/aromatic N) is 1. The molecule has 25 heavy (non-hydrogen) atoms. The van der Waals surface area contributed by atoms with E-state index < -0.39 is 0 Å². The number of hydrogen-bond donors (Lipinski definition) is 1. The number of rotatable bonds is 6. The van der Waals surface area contributed by atoms with Crippen LogP contribution < -0.4 is 5.32 Å². The first kappa shape index (κ1) is 16.1. The molecule has 0 aliphatic heterocycles. The van der Waals surface area contributed by atoms with E-state index in [0.717, 1.165) is 41.4 Å². The largest absolute Gasteiger partial charge is 0.440 e. The van der Waals surface area contributed by atoms with Crippen molar-refractivity contribution in [2.45, 2.75) is 38.1 Å². The molecular formula is C22H24N2O. The zero-order valence-electron chi connectivity index (χ0n) is 14.4. The lowest BCUT2D eigenvalue weighted by molar-refractivity contribution is 0.470. The van der Waals surface area contributed by atoms with Crippen molar-refractivity contribution in [2.75, 3.05) is 6.54 Å². The molecule has 1 aromatic heterocycles. The number of oxazole rings is 1. The van der Waals surface area contributed by atoms with Gasteiger partial charge in [-0.25, -0.2) is 4.98 Å². The molecule has 1 fully saturated rings. The summed E-state index contributed by atoms with van der Waals surface area (Å²) in [6.07, 6.45) is 6.13. The Morgan fingerprint density at radius 1 is 0.880 bits per heavy atom. The number of nitrogens with one attached hydrogen (secondary N) is 1. The highest BCUT2D eigenvalue weighted by Gasteiger charge is 2.18. The van der Waals surface area contributed by atoms with Crippen molar-refractivity contribution in [3.05, 3.63) is 66.6 Å². The normalized spacial score (nSPS) is 14.9. The summed E-state index contributed by atoms with van der Waals surface area (Å²) in [6, 6.07) is 21.2. The summed E-state index contributed by atoms with van der Waals surface area (Å²) in [7, 11) is 0. The second kappa shape index (κ2) is 7.66. The van der Waals surface area contributed by atoms with Crippen molar-refractivity contribution in [1.29, 1.82) is 0 Å². The lowest BCUT2D eigenvalue weighted by Crippen LogP contribution is -2.28. The Morgan fingerprint density at radius 2 is 1.52 bits per heavy atom. The molecule has 0 bridgehead atoms. The van der Waals surface area contributed by atoms with Gasteiger partial charge in [0, 0.05) is 30.1 Å². The summed E-state index contributed by atoms with van der Waals surface area (Å²) < 4.78 is 6.17. The van der Waals surface area contributed by atoms with Crippen molar-refractivity contribution < 1.29 is 4.42 Å². The minimum absolute atomic E-state index is 0.678. The van der Waals surface area contributed by atoms with Gasteiger partial charge in [0.1, 0.15) is 5.69 Å². The Hall–Kier alpha value is -2.39. The van der Waals surface area contributed by atoms with Gasteiger partial charge in [-0.2, -0.15) is 0 Å². The summed E-state index contributed by atoms with van der Waals surface area (Å²) in [6.45, 7) is 0.924. The third kappa shape index (κ3) is 3.83. The van der Waals surface area contributed by atoms with E-state index >= 15 is 0 Å². The second-order valence-electron chi connectivity index (χ2n) is 6.70. The topological polar surface area (TPSA) is 38.1 Å². The summed E-state index contributed by atoms with van der Waals surface area (Å²) in [5.74, 6) is 1.67. The Kier molecular flexibility index (Phi) is 4.93. The summed E-state index contributed by atoms with van der Waals surface area (Å²) >= 11 is 0. The van der Waals surface area contributed by atoms with E-state index in [1.807, 2.05) is 36.4 Å². The Bertz CT molecular complexity index is 732. The van der Waals surface area contributed by atoms with Gasteiger partial charge in [0.05, 0.1) is 0 Å². The third-order valence-corrected chi connectivity index (χ3v) is 4.88. The van der Waals surface area contributed by atoms with E-state index in [-0.39, 0.29) is 0 Å². The van der Waals surface area contributed by atoms with E-state index in [4.69, 9.17) is 9.40 Å². The average Bonchev–Trinajstić information content (AvgIpc) is 3.33. The molecule has 0 atom stereocenters. The first-order valence-electron chi connectivity index (χ1n) is 9.24. The molecule has 0 radical (unpaired) electrons. The molecule has 3 aromatic rings. The van der Waals surface area contributed by atoms with Crippen molar-refractivity contribution >= 4 is 0 Å². The maximum absolute atomic E-state index is 6.17. The predicted octanol–water partition coefficient (Wildman–Crippen LogP) is 5.08. The van der Waals surface area contributed by atoms with Gasteiger partial charge in [-0.05, 0) is 12.8 Å². The molecule has 3 nitrogen and oxygen atoms in total. The molecule has 1 heterocycles. The van der Waals surface area contributed by atoms with E-state index in [9.17, 15) is 0 Å². The zero-order valence-corrected chi connectivity index (χ0v) is 14.4. The summed E-state index contributed by atoms with van der Waals surface area (Å²) in [5, 5.41) is 3.64. The Labute approximate surface area is 149 Å². The second-order valence-corrected chi connectivity index (χ2v) is 6.70. The van der Waals surface area contributed by atoms with Crippen LogP contribution in [-0.4, -0.2) is 17.6 Å². The van der Waals surface area contributed by atoms with Crippen LogP contribution in [0.5, 0.6) is 0 Å². The molecule has 1 aliphatic carbocycles. The van der Waals surface area contributed by atoms with Crippen molar-refractivity contribution in [2.24, 2.45) is 0 Å². The minimum atomic E-state index is 0.678. The van der Waals surface area contributed by atoms with Crippen LogP contribution in [0.3, 0.4) is 0 Å². The maximum Gasteiger partial charge on any atom is 0.196 e. The van der Waals surface area contributed by atoms with Gasteiger partial charge in [0.2, 0.25) is 0 Å². The fourth-order valence-electron chi connectivity index (χ4n) is 3.56. The predicted molar refractivity (Wildman–Crippen MR) is 101 cm³/mol. The lowest BCUT2D eigenvalue weighted by Gasteiger charge is -2.09. The molecule has 2 aromatic carbocycles. The van der Waals surface area contributed by atoms with Gasteiger partial charge >= 0.3 is 0 Å². The molecule has 0 spiro atoms. The van der Waals surface area contributed by atoms with Crippen molar-refractivity contribution in [3.63, 3.8) is 0 Å². The molecule has 1 N–H and O–H groups in total. The van der Waals surface area contributed by atoms with Crippen LogP contribution in [0.25, 0.3) is 22.6 Å². The number of benzene rings is 2. The van der Waals surface area contributed by atoms with Crippen LogP contribution >= 0.6 is 0 Å². The lowest BCUT2D eigenvalue weighted by atomic mass is 10.1. The minimum Gasteiger partial charge on any atom is -0.440 e. The maximum atomic E-state index is 6.17. The molecule has 1 saturated carbocycles. The molecule has 0 amide bonds. The SMILES string of the molecule is c1ccc(-c2nc(CCNC3CCCC3)oc2-c2ccccc2)cc1. The number of hydrogen-bond acceptors (Lipinski definition) is 3. The van der Waals surface area contributed by atoms with Crippen molar-refractivity contribution in [3.8, 4) is 22.6 Å². The van der Waals surface area contributed by atoms with E-state index in [0.29, 0.717) is 6.04 Å². The first-order chi connectivity index (χ1) is 12.4. The van der Waals surface area contributed by atoms with Gasteiger partial charge in [-0.1, -0.05) is 73.5 Å². The smallest absolute Gasteiger partial charge is 0.196 e. The van der Waals surface area contributed by atoms with Crippen LogP contribution in [0.2, 0.25) is 0 Å². The highest BCUT2D eigenvalue weighted by atomic mass is 16.4. The van der Waals surface area contributed by atoms with E-state index in [2.05, 4.69) is 29.6 Å². The zero-order chi connectivity index (χ0) is 16.9. The van der Waals surface area contributed by atoms with Crippen LogP contribution in [0.1, 0.15) is 31.6 Å². The van der Waals surface area contributed by atoms with Gasteiger partial charge < -0.3 is 9.73 Å². The van der Waals surface area contributed by atoms with Crippen LogP contribution in [0.15, 0.2) is 65.1 Å². The quantitative estimate of drug-likeness (QED) is 0.684. The molecule has 1 aliphatic rings. The monoisotopic (exact) mass is 332 g/mol. The van der Waals surface area contributed by atoms with Gasteiger partial charge in [0.25, 0.3) is 0 Å². The van der Waals surface area contributed by atoms with Crippen LogP contribution in [0, 0.1) is 0 Å². The van der Waals surface area contributed by atoms with Gasteiger partial charge in [-0.3, -0.25) is 0 Å². The molecule has 3 heteroatoms. The van der Waals surface area contributed by atoms with E-state index in [1.165, 1.54) is 25.7 Å². The molecule has 0 saturated heterocycles. The number of aromatic nitrogens is 1. The summed E-state index contributed by atoms with van der Waals surface area (Å²) in [5.41, 5.74) is 3.10.